The fourth-order valence-corrected chi connectivity index (χ4v) is 1.40. The lowest BCUT2D eigenvalue weighted by Gasteiger charge is -2.36. The largest absolute Gasteiger partial charge is 0.465 e. The van der Waals surface area contributed by atoms with Crippen LogP contribution in [-0.4, -0.2) is 43.8 Å². The summed E-state index contributed by atoms with van der Waals surface area (Å²) in [6.07, 6.45) is 0.227. The first-order valence-corrected chi connectivity index (χ1v) is 4.13. The van der Waals surface area contributed by atoms with Gasteiger partial charge in [-0.2, -0.15) is 0 Å². The molecular weight excluding hydrogens is 176 g/mol. The van der Waals surface area contributed by atoms with Crippen molar-refractivity contribution in [3.8, 4) is 0 Å². The van der Waals surface area contributed by atoms with Gasteiger partial charge in [-0.3, -0.25) is 0 Å². The molecule has 1 aliphatic rings. The Morgan fingerprint density at radius 3 is 2.77 bits per heavy atom. The molecule has 2 atom stereocenters. The topological polar surface area (TPSA) is 65.0 Å². The normalized spacial score (nSPS) is 34.2. The third-order valence-electron chi connectivity index (χ3n) is 2.15. The highest BCUT2D eigenvalue weighted by atomic mass is 16.7. The van der Waals surface area contributed by atoms with E-state index in [2.05, 4.69) is 4.74 Å². The molecule has 1 aliphatic heterocycles. The third-order valence-corrected chi connectivity index (χ3v) is 2.15. The van der Waals surface area contributed by atoms with Crippen molar-refractivity contribution in [2.24, 2.45) is 0 Å². The first-order chi connectivity index (χ1) is 6.17. The van der Waals surface area contributed by atoms with Crippen molar-refractivity contribution in [2.75, 3.05) is 20.8 Å². The summed E-state index contributed by atoms with van der Waals surface area (Å²) in [5, 5.41) is 9.57. The molecule has 0 radical (unpaired) electrons. The average Bonchev–Trinajstić information content (AvgIpc) is 2.18. The number of aliphatic hydroxyl groups is 1. The molecule has 1 rings (SSSR count). The van der Waals surface area contributed by atoms with E-state index >= 15 is 0 Å². The van der Waals surface area contributed by atoms with E-state index in [1.54, 1.807) is 0 Å². The minimum atomic E-state index is -1.62. The van der Waals surface area contributed by atoms with Crippen LogP contribution in [0.4, 0.5) is 0 Å². The van der Waals surface area contributed by atoms with Gasteiger partial charge in [-0.1, -0.05) is 0 Å². The van der Waals surface area contributed by atoms with Gasteiger partial charge in [0, 0.05) is 7.11 Å². The predicted molar refractivity (Wildman–Crippen MR) is 42.9 cm³/mol. The van der Waals surface area contributed by atoms with Crippen LogP contribution in [0.3, 0.4) is 0 Å². The van der Waals surface area contributed by atoms with Crippen molar-refractivity contribution in [3.05, 3.63) is 0 Å². The second-order valence-electron chi connectivity index (χ2n) is 2.87. The SMILES string of the molecule is COC(=O)[C@]1(OC)OCCC[C@@H]1O. The van der Waals surface area contributed by atoms with Crippen LogP contribution in [0, 0.1) is 0 Å². The second-order valence-corrected chi connectivity index (χ2v) is 2.87. The molecular formula is C8H14O5. The summed E-state index contributed by atoms with van der Waals surface area (Å²) in [5.41, 5.74) is 0. The van der Waals surface area contributed by atoms with Crippen LogP contribution in [0.2, 0.25) is 0 Å². The fraction of sp³-hybridized carbons (Fsp3) is 0.875. The molecule has 0 amide bonds. The van der Waals surface area contributed by atoms with E-state index in [0.29, 0.717) is 19.4 Å². The zero-order valence-corrected chi connectivity index (χ0v) is 7.78. The Hall–Kier alpha value is -0.650. The lowest BCUT2D eigenvalue weighted by molar-refractivity contribution is -0.285. The van der Waals surface area contributed by atoms with Crippen molar-refractivity contribution in [1.29, 1.82) is 0 Å². The van der Waals surface area contributed by atoms with Gasteiger partial charge in [0.15, 0.2) is 0 Å². The summed E-state index contributed by atoms with van der Waals surface area (Å²) >= 11 is 0. The van der Waals surface area contributed by atoms with Gasteiger partial charge in [0.05, 0.1) is 13.7 Å². The average molecular weight is 190 g/mol. The highest BCUT2D eigenvalue weighted by Crippen LogP contribution is 2.27. The molecule has 5 heteroatoms. The van der Waals surface area contributed by atoms with Gasteiger partial charge >= 0.3 is 5.97 Å². The summed E-state index contributed by atoms with van der Waals surface area (Å²) in [4.78, 5) is 11.3. The summed E-state index contributed by atoms with van der Waals surface area (Å²) in [6.45, 7) is 0.389. The van der Waals surface area contributed by atoms with E-state index in [9.17, 15) is 9.90 Å². The molecule has 0 aliphatic carbocycles. The van der Waals surface area contributed by atoms with Gasteiger partial charge in [-0.05, 0) is 12.8 Å². The van der Waals surface area contributed by atoms with E-state index in [-0.39, 0.29) is 0 Å². The Bertz CT molecular complexity index is 193. The molecule has 0 unspecified atom stereocenters. The molecule has 0 aromatic heterocycles. The quantitative estimate of drug-likeness (QED) is 0.604. The van der Waals surface area contributed by atoms with E-state index in [1.807, 2.05) is 0 Å². The van der Waals surface area contributed by atoms with Crippen molar-refractivity contribution in [3.63, 3.8) is 0 Å². The Morgan fingerprint density at radius 2 is 2.31 bits per heavy atom. The summed E-state index contributed by atoms with van der Waals surface area (Å²) in [6, 6.07) is 0. The maximum absolute atomic E-state index is 11.3. The molecule has 0 spiro atoms. The van der Waals surface area contributed by atoms with Crippen LogP contribution >= 0.6 is 0 Å². The molecule has 0 saturated carbocycles. The van der Waals surface area contributed by atoms with Crippen LogP contribution in [0.1, 0.15) is 12.8 Å². The zero-order valence-electron chi connectivity index (χ0n) is 7.78. The van der Waals surface area contributed by atoms with Gasteiger partial charge < -0.3 is 19.3 Å². The first kappa shape index (κ1) is 10.4. The Morgan fingerprint density at radius 1 is 1.62 bits per heavy atom. The van der Waals surface area contributed by atoms with Crippen LogP contribution in [-0.2, 0) is 19.0 Å². The van der Waals surface area contributed by atoms with Crippen LogP contribution in [0.5, 0.6) is 0 Å². The number of hydrogen-bond acceptors (Lipinski definition) is 5. The van der Waals surface area contributed by atoms with Crippen LogP contribution in [0.25, 0.3) is 0 Å². The van der Waals surface area contributed by atoms with Crippen LogP contribution < -0.4 is 0 Å². The number of ether oxygens (including phenoxy) is 3. The molecule has 0 bridgehead atoms. The molecule has 76 valence electrons. The number of hydrogen-bond donors (Lipinski definition) is 1. The Kier molecular flexibility index (Phi) is 3.24. The Balaban J connectivity index is 2.82. The molecule has 13 heavy (non-hydrogen) atoms. The molecule has 1 fully saturated rings. The van der Waals surface area contributed by atoms with Crippen molar-refractivity contribution in [2.45, 2.75) is 24.7 Å². The number of methoxy groups -OCH3 is 2. The smallest absolute Gasteiger partial charge is 0.369 e. The zero-order chi connectivity index (χ0) is 9.90. The van der Waals surface area contributed by atoms with E-state index in [0.717, 1.165) is 0 Å². The second kappa shape index (κ2) is 4.04. The van der Waals surface area contributed by atoms with Gasteiger partial charge in [0.25, 0.3) is 5.79 Å². The molecule has 1 N–H and O–H groups in total. The maximum Gasteiger partial charge on any atom is 0.369 e. The highest BCUT2D eigenvalue weighted by molar-refractivity contribution is 5.78. The summed E-state index contributed by atoms with van der Waals surface area (Å²) in [5.74, 6) is -2.31. The Labute approximate surface area is 76.6 Å². The van der Waals surface area contributed by atoms with E-state index in [4.69, 9.17) is 9.47 Å². The lowest BCUT2D eigenvalue weighted by atomic mass is 10.0. The number of rotatable bonds is 2. The van der Waals surface area contributed by atoms with Gasteiger partial charge in [-0.25, -0.2) is 4.79 Å². The summed E-state index contributed by atoms with van der Waals surface area (Å²) < 4.78 is 14.5. The van der Waals surface area contributed by atoms with Crippen molar-refractivity contribution in [1.82, 2.24) is 0 Å². The summed E-state index contributed by atoms with van der Waals surface area (Å²) in [7, 11) is 2.54. The van der Waals surface area contributed by atoms with Gasteiger partial charge in [-0.15, -0.1) is 0 Å². The predicted octanol–water partition coefficient (Wildman–Crippen LogP) is -0.327. The first-order valence-electron chi connectivity index (χ1n) is 4.13. The number of carbonyl (C=O) groups excluding carboxylic acids is 1. The van der Waals surface area contributed by atoms with E-state index in [1.165, 1.54) is 14.2 Å². The standard InChI is InChI=1S/C8H14O5/c1-11-7(10)8(12-2)6(9)4-3-5-13-8/h6,9H,3-5H2,1-2H3/t6-,8+/m0/s1. The number of carbonyl (C=O) groups is 1. The minimum Gasteiger partial charge on any atom is -0.465 e. The number of aliphatic hydroxyl groups excluding tert-OH is 1. The third kappa shape index (κ3) is 1.67. The fourth-order valence-electron chi connectivity index (χ4n) is 1.40. The lowest BCUT2D eigenvalue weighted by Crippen LogP contribution is -2.56. The van der Waals surface area contributed by atoms with Gasteiger partial charge in [0.2, 0.25) is 0 Å². The van der Waals surface area contributed by atoms with Crippen LogP contribution in [0.15, 0.2) is 0 Å². The van der Waals surface area contributed by atoms with Gasteiger partial charge in [0.1, 0.15) is 6.10 Å². The molecule has 1 saturated heterocycles. The highest BCUT2D eigenvalue weighted by Gasteiger charge is 2.50. The molecule has 5 nitrogen and oxygen atoms in total. The number of esters is 1. The van der Waals surface area contributed by atoms with E-state index < -0.39 is 17.9 Å². The monoisotopic (exact) mass is 190 g/mol. The minimum absolute atomic E-state index is 0.389. The maximum atomic E-state index is 11.3. The molecule has 0 aromatic rings. The van der Waals surface area contributed by atoms with Crippen molar-refractivity contribution >= 4 is 5.97 Å². The molecule has 0 aromatic carbocycles. The van der Waals surface area contributed by atoms with Crippen molar-refractivity contribution < 1.29 is 24.1 Å². The molecule has 1 heterocycles.